The van der Waals surface area contributed by atoms with Crippen molar-refractivity contribution in [2.75, 3.05) is 6.61 Å². The standard InChI is InChI=1S/C21H27N3O3.2ClH/c1-2-26-17-6-8-18(9-7-17)27-21-12-15(10-11-23-21)14-24-20(25)13-16-4-3-5-19(16)22;;/h6-12,16,19H,2-5,13-14,22H2,1H3,(H,24,25);2*1H/t16-,19+;;/m0../s1. The average molecular weight is 442 g/mol. The molecule has 0 aliphatic heterocycles. The summed E-state index contributed by atoms with van der Waals surface area (Å²) in [5, 5.41) is 2.96. The molecule has 29 heavy (non-hydrogen) atoms. The van der Waals surface area contributed by atoms with E-state index in [1.54, 1.807) is 6.20 Å². The number of nitrogens with two attached hydrogens (primary N) is 1. The summed E-state index contributed by atoms with van der Waals surface area (Å²) in [7, 11) is 0. The summed E-state index contributed by atoms with van der Waals surface area (Å²) in [4.78, 5) is 16.4. The van der Waals surface area contributed by atoms with Gasteiger partial charge in [-0.3, -0.25) is 4.79 Å². The van der Waals surface area contributed by atoms with Gasteiger partial charge in [0.2, 0.25) is 11.8 Å². The molecule has 1 aromatic heterocycles. The molecule has 3 rings (SSSR count). The van der Waals surface area contributed by atoms with Crippen molar-refractivity contribution in [1.29, 1.82) is 0 Å². The Hall–Kier alpha value is -2.02. The van der Waals surface area contributed by atoms with Gasteiger partial charge >= 0.3 is 0 Å². The maximum Gasteiger partial charge on any atom is 0.220 e. The fraction of sp³-hybridized carbons (Fsp3) is 0.429. The van der Waals surface area contributed by atoms with E-state index < -0.39 is 0 Å². The van der Waals surface area contributed by atoms with E-state index >= 15 is 0 Å². The summed E-state index contributed by atoms with van der Waals surface area (Å²) in [5.74, 6) is 2.33. The SMILES string of the molecule is CCOc1ccc(Oc2cc(CNC(=O)C[C@@H]3CCC[C@H]3N)ccn2)cc1.Cl.Cl. The normalized spacial score (nSPS) is 17.6. The third kappa shape index (κ3) is 7.72. The molecule has 2 atom stereocenters. The van der Waals surface area contributed by atoms with Crippen molar-refractivity contribution in [3.05, 3.63) is 48.2 Å². The minimum absolute atomic E-state index is 0. The first-order valence-corrected chi connectivity index (χ1v) is 9.52. The van der Waals surface area contributed by atoms with E-state index in [1.165, 1.54) is 0 Å². The van der Waals surface area contributed by atoms with E-state index in [-0.39, 0.29) is 36.8 Å². The van der Waals surface area contributed by atoms with Crippen molar-refractivity contribution in [3.8, 4) is 17.4 Å². The number of pyridine rings is 1. The van der Waals surface area contributed by atoms with Gasteiger partial charge in [-0.25, -0.2) is 4.98 Å². The van der Waals surface area contributed by atoms with Crippen LogP contribution in [0.2, 0.25) is 0 Å². The third-order valence-electron chi connectivity index (χ3n) is 4.81. The molecule has 1 aliphatic carbocycles. The van der Waals surface area contributed by atoms with Gasteiger partial charge < -0.3 is 20.5 Å². The van der Waals surface area contributed by atoms with Crippen LogP contribution in [0.3, 0.4) is 0 Å². The molecular weight excluding hydrogens is 413 g/mol. The molecular formula is C21H29Cl2N3O3. The lowest BCUT2D eigenvalue weighted by atomic mass is 10.00. The summed E-state index contributed by atoms with van der Waals surface area (Å²) >= 11 is 0. The highest BCUT2D eigenvalue weighted by Gasteiger charge is 2.25. The Morgan fingerprint density at radius 1 is 1.17 bits per heavy atom. The van der Waals surface area contributed by atoms with Crippen molar-refractivity contribution in [2.24, 2.45) is 11.7 Å². The molecule has 0 radical (unpaired) electrons. The molecule has 8 heteroatoms. The highest BCUT2D eigenvalue weighted by Crippen LogP contribution is 2.27. The third-order valence-corrected chi connectivity index (χ3v) is 4.81. The van der Waals surface area contributed by atoms with E-state index in [2.05, 4.69) is 10.3 Å². The minimum atomic E-state index is 0. The first kappa shape index (κ1) is 25.0. The Kier molecular flexibility index (Phi) is 10.8. The number of carbonyl (C=O) groups is 1. The number of nitrogens with one attached hydrogen (secondary N) is 1. The van der Waals surface area contributed by atoms with Crippen LogP contribution in [0.1, 0.15) is 38.2 Å². The van der Waals surface area contributed by atoms with E-state index in [0.717, 1.165) is 30.6 Å². The number of hydrogen-bond donors (Lipinski definition) is 2. The highest BCUT2D eigenvalue weighted by atomic mass is 35.5. The molecule has 0 unspecified atom stereocenters. The molecule has 1 amide bonds. The number of hydrogen-bond acceptors (Lipinski definition) is 5. The van der Waals surface area contributed by atoms with E-state index in [0.29, 0.717) is 37.1 Å². The second-order valence-electron chi connectivity index (χ2n) is 6.84. The zero-order valence-corrected chi connectivity index (χ0v) is 18.1. The van der Waals surface area contributed by atoms with Crippen LogP contribution < -0.4 is 20.5 Å². The second kappa shape index (κ2) is 12.5. The van der Waals surface area contributed by atoms with E-state index in [9.17, 15) is 4.79 Å². The molecule has 160 valence electrons. The Morgan fingerprint density at radius 2 is 1.90 bits per heavy atom. The monoisotopic (exact) mass is 441 g/mol. The van der Waals surface area contributed by atoms with Crippen molar-refractivity contribution >= 4 is 30.7 Å². The first-order chi connectivity index (χ1) is 13.1. The molecule has 0 spiro atoms. The van der Waals surface area contributed by atoms with Crippen LogP contribution in [0, 0.1) is 5.92 Å². The summed E-state index contributed by atoms with van der Waals surface area (Å²) in [6.07, 6.45) is 5.37. The summed E-state index contributed by atoms with van der Waals surface area (Å²) in [6, 6.07) is 11.3. The maximum absolute atomic E-state index is 12.2. The lowest BCUT2D eigenvalue weighted by molar-refractivity contribution is -0.122. The minimum Gasteiger partial charge on any atom is -0.494 e. The molecule has 1 fully saturated rings. The quantitative estimate of drug-likeness (QED) is 0.639. The molecule has 0 bridgehead atoms. The Labute approximate surface area is 184 Å². The van der Waals surface area contributed by atoms with Gasteiger partial charge in [-0.2, -0.15) is 0 Å². The Bertz CT molecular complexity index is 759. The molecule has 3 N–H and O–H groups in total. The summed E-state index contributed by atoms with van der Waals surface area (Å²) < 4.78 is 11.2. The van der Waals surface area contributed by atoms with Crippen LogP contribution in [-0.2, 0) is 11.3 Å². The zero-order chi connectivity index (χ0) is 19.1. The molecule has 1 aromatic carbocycles. The molecule has 6 nitrogen and oxygen atoms in total. The number of amides is 1. The van der Waals surface area contributed by atoms with Gasteiger partial charge in [-0.05, 0) is 61.6 Å². The van der Waals surface area contributed by atoms with Crippen LogP contribution in [0.15, 0.2) is 42.6 Å². The predicted octanol–water partition coefficient (Wildman–Crippen LogP) is 4.25. The first-order valence-electron chi connectivity index (χ1n) is 9.52. The van der Waals surface area contributed by atoms with E-state index in [1.807, 2.05) is 43.3 Å². The zero-order valence-electron chi connectivity index (χ0n) is 16.5. The number of benzene rings is 1. The van der Waals surface area contributed by atoms with Crippen molar-refractivity contribution in [3.63, 3.8) is 0 Å². The van der Waals surface area contributed by atoms with Crippen LogP contribution in [0.4, 0.5) is 0 Å². The Morgan fingerprint density at radius 3 is 2.55 bits per heavy atom. The van der Waals surface area contributed by atoms with Gasteiger partial charge in [-0.1, -0.05) is 6.42 Å². The summed E-state index contributed by atoms with van der Waals surface area (Å²) in [6.45, 7) is 3.02. The van der Waals surface area contributed by atoms with Crippen LogP contribution >= 0.6 is 24.8 Å². The van der Waals surface area contributed by atoms with Gasteiger partial charge in [0.15, 0.2) is 0 Å². The van der Waals surface area contributed by atoms with Gasteiger partial charge in [-0.15, -0.1) is 24.8 Å². The van der Waals surface area contributed by atoms with Crippen molar-refractivity contribution in [1.82, 2.24) is 10.3 Å². The number of aromatic nitrogens is 1. The predicted molar refractivity (Wildman–Crippen MR) is 118 cm³/mol. The molecule has 0 saturated heterocycles. The number of carbonyl (C=O) groups excluding carboxylic acids is 1. The molecule has 1 aliphatic rings. The second-order valence-corrected chi connectivity index (χ2v) is 6.84. The van der Waals surface area contributed by atoms with Crippen LogP contribution in [0.5, 0.6) is 17.4 Å². The lowest BCUT2D eigenvalue weighted by Crippen LogP contribution is -2.31. The van der Waals surface area contributed by atoms with E-state index in [4.69, 9.17) is 15.2 Å². The van der Waals surface area contributed by atoms with Gasteiger partial charge in [0.1, 0.15) is 11.5 Å². The smallest absolute Gasteiger partial charge is 0.220 e. The fourth-order valence-corrected chi connectivity index (χ4v) is 3.34. The molecule has 1 heterocycles. The average Bonchev–Trinajstić information content (AvgIpc) is 3.07. The van der Waals surface area contributed by atoms with Gasteiger partial charge in [0.05, 0.1) is 6.61 Å². The van der Waals surface area contributed by atoms with Crippen molar-refractivity contribution in [2.45, 2.75) is 45.2 Å². The Balaban J connectivity index is 0.00000210. The lowest BCUT2D eigenvalue weighted by Gasteiger charge is -2.15. The highest BCUT2D eigenvalue weighted by molar-refractivity contribution is 5.85. The number of ether oxygens (including phenoxy) is 2. The maximum atomic E-state index is 12.2. The summed E-state index contributed by atoms with van der Waals surface area (Å²) in [5.41, 5.74) is 6.98. The van der Waals surface area contributed by atoms with Crippen LogP contribution in [0.25, 0.3) is 0 Å². The van der Waals surface area contributed by atoms with Gasteiger partial charge in [0, 0.05) is 31.3 Å². The molecule has 1 saturated carbocycles. The van der Waals surface area contributed by atoms with Crippen LogP contribution in [-0.4, -0.2) is 23.5 Å². The van der Waals surface area contributed by atoms with Gasteiger partial charge in [0.25, 0.3) is 0 Å². The number of rotatable bonds is 8. The molecule has 2 aromatic rings. The largest absolute Gasteiger partial charge is 0.494 e. The van der Waals surface area contributed by atoms with Crippen molar-refractivity contribution < 1.29 is 14.3 Å². The number of nitrogens with zero attached hydrogens (tertiary/aromatic N) is 1. The number of halogens is 2. The topological polar surface area (TPSA) is 86.5 Å². The fourth-order valence-electron chi connectivity index (χ4n) is 3.34.